The summed E-state index contributed by atoms with van der Waals surface area (Å²) in [5, 5.41) is 9.46. The topological polar surface area (TPSA) is 20.2 Å². The SMILES string of the molecule is CC(C)C(F)(F)c1ccc(C2(CO)CCC2)cc1. The van der Waals surface area contributed by atoms with Gasteiger partial charge in [0, 0.05) is 16.9 Å². The van der Waals surface area contributed by atoms with Gasteiger partial charge in [0.15, 0.2) is 0 Å². The molecule has 2 rings (SSSR count). The van der Waals surface area contributed by atoms with Crippen LogP contribution in [0.2, 0.25) is 0 Å². The van der Waals surface area contributed by atoms with E-state index in [0.29, 0.717) is 0 Å². The Morgan fingerprint density at radius 1 is 1.22 bits per heavy atom. The Labute approximate surface area is 107 Å². The van der Waals surface area contributed by atoms with Gasteiger partial charge in [-0.15, -0.1) is 0 Å². The van der Waals surface area contributed by atoms with Crippen molar-refractivity contribution < 1.29 is 13.9 Å². The maximum atomic E-state index is 13.8. The van der Waals surface area contributed by atoms with Crippen molar-refractivity contribution in [3.05, 3.63) is 35.4 Å². The lowest BCUT2D eigenvalue weighted by Crippen LogP contribution is -2.37. The zero-order valence-corrected chi connectivity index (χ0v) is 10.9. The van der Waals surface area contributed by atoms with Crippen LogP contribution in [0.1, 0.15) is 44.2 Å². The van der Waals surface area contributed by atoms with Crippen LogP contribution < -0.4 is 0 Å². The van der Waals surface area contributed by atoms with Crippen LogP contribution in [-0.4, -0.2) is 11.7 Å². The lowest BCUT2D eigenvalue weighted by atomic mass is 9.65. The molecule has 0 aromatic heterocycles. The molecule has 100 valence electrons. The highest BCUT2D eigenvalue weighted by Crippen LogP contribution is 2.44. The Morgan fingerprint density at radius 3 is 2.11 bits per heavy atom. The maximum absolute atomic E-state index is 13.8. The van der Waals surface area contributed by atoms with Crippen LogP contribution in [0.4, 0.5) is 8.78 Å². The lowest BCUT2D eigenvalue weighted by molar-refractivity contribution is -0.0514. The zero-order valence-electron chi connectivity index (χ0n) is 10.9. The minimum absolute atomic E-state index is 0.0636. The molecule has 1 saturated carbocycles. The van der Waals surface area contributed by atoms with Crippen LogP contribution >= 0.6 is 0 Å². The van der Waals surface area contributed by atoms with Crippen molar-refractivity contribution in [3.63, 3.8) is 0 Å². The predicted octanol–water partition coefficient (Wildman–Crippen LogP) is 3.85. The van der Waals surface area contributed by atoms with E-state index in [4.69, 9.17) is 0 Å². The molecule has 0 unspecified atom stereocenters. The van der Waals surface area contributed by atoms with Crippen molar-refractivity contribution in [2.45, 2.75) is 44.4 Å². The van der Waals surface area contributed by atoms with E-state index >= 15 is 0 Å². The largest absolute Gasteiger partial charge is 0.395 e. The Balaban J connectivity index is 2.25. The molecule has 1 nitrogen and oxygen atoms in total. The van der Waals surface area contributed by atoms with Crippen molar-refractivity contribution in [1.29, 1.82) is 0 Å². The molecular formula is C15H20F2O. The first kappa shape index (κ1) is 13.5. The fourth-order valence-corrected chi connectivity index (χ4v) is 2.52. The molecule has 1 aromatic rings. The van der Waals surface area contributed by atoms with E-state index in [1.54, 1.807) is 12.1 Å². The van der Waals surface area contributed by atoms with Crippen LogP contribution in [0.15, 0.2) is 24.3 Å². The third kappa shape index (κ3) is 2.05. The van der Waals surface area contributed by atoms with Crippen LogP contribution in [0.3, 0.4) is 0 Å². The molecule has 3 heteroatoms. The number of alkyl halides is 2. The second kappa shape index (κ2) is 4.61. The second-order valence-electron chi connectivity index (χ2n) is 5.65. The highest BCUT2D eigenvalue weighted by atomic mass is 19.3. The minimum atomic E-state index is -2.79. The van der Waals surface area contributed by atoms with Crippen molar-refractivity contribution in [1.82, 2.24) is 0 Å². The Bertz CT molecular complexity index is 378. The van der Waals surface area contributed by atoms with Gasteiger partial charge in [-0.25, -0.2) is 8.78 Å². The molecule has 1 aromatic carbocycles. The molecule has 1 aliphatic carbocycles. The first-order chi connectivity index (χ1) is 8.42. The van der Waals surface area contributed by atoms with Crippen LogP contribution in [0.25, 0.3) is 0 Å². The molecule has 0 spiro atoms. The summed E-state index contributed by atoms with van der Waals surface area (Å²) in [7, 11) is 0. The fourth-order valence-electron chi connectivity index (χ4n) is 2.52. The van der Waals surface area contributed by atoms with Gasteiger partial charge in [0.05, 0.1) is 6.61 Å². The maximum Gasteiger partial charge on any atom is 0.275 e. The van der Waals surface area contributed by atoms with Crippen molar-refractivity contribution in [2.24, 2.45) is 5.92 Å². The molecule has 0 radical (unpaired) electrons. The highest BCUT2D eigenvalue weighted by Gasteiger charge is 2.39. The summed E-state index contributed by atoms with van der Waals surface area (Å²) in [4.78, 5) is 0. The highest BCUT2D eigenvalue weighted by molar-refractivity contribution is 5.33. The number of rotatable bonds is 4. The first-order valence-corrected chi connectivity index (χ1v) is 6.52. The van der Waals surface area contributed by atoms with Crippen LogP contribution in [0.5, 0.6) is 0 Å². The number of halogens is 2. The summed E-state index contributed by atoms with van der Waals surface area (Å²) in [6.45, 7) is 3.15. The molecule has 1 aliphatic rings. The van der Waals surface area contributed by atoms with E-state index in [1.807, 2.05) is 0 Å². The van der Waals surface area contributed by atoms with Gasteiger partial charge in [0.2, 0.25) is 0 Å². The van der Waals surface area contributed by atoms with Gasteiger partial charge in [-0.3, -0.25) is 0 Å². The van der Waals surface area contributed by atoms with E-state index in [-0.39, 0.29) is 17.6 Å². The quantitative estimate of drug-likeness (QED) is 0.865. The van der Waals surface area contributed by atoms with E-state index in [0.717, 1.165) is 24.8 Å². The summed E-state index contributed by atoms with van der Waals surface area (Å²) in [6.07, 6.45) is 3.00. The summed E-state index contributed by atoms with van der Waals surface area (Å²) >= 11 is 0. The number of hydrogen-bond acceptors (Lipinski definition) is 1. The molecule has 0 atom stereocenters. The first-order valence-electron chi connectivity index (χ1n) is 6.52. The zero-order chi connectivity index (χ0) is 13.4. The van der Waals surface area contributed by atoms with Crippen molar-refractivity contribution in [3.8, 4) is 0 Å². The molecule has 0 aliphatic heterocycles. The number of hydrogen-bond donors (Lipinski definition) is 1. The normalized spacial score (nSPS) is 18.8. The fraction of sp³-hybridized carbons (Fsp3) is 0.600. The Kier molecular flexibility index (Phi) is 3.45. The third-order valence-electron chi connectivity index (χ3n) is 4.22. The molecule has 0 saturated heterocycles. The third-order valence-corrected chi connectivity index (χ3v) is 4.22. The van der Waals surface area contributed by atoms with Crippen LogP contribution in [0, 0.1) is 5.92 Å². The van der Waals surface area contributed by atoms with Gasteiger partial charge in [-0.1, -0.05) is 44.5 Å². The molecule has 18 heavy (non-hydrogen) atoms. The smallest absolute Gasteiger partial charge is 0.275 e. The summed E-state index contributed by atoms with van der Waals surface area (Å²) < 4.78 is 27.7. The van der Waals surface area contributed by atoms with Gasteiger partial charge in [0.1, 0.15) is 0 Å². The molecule has 1 fully saturated rings. The number of benzene rings is 1. The van der Waals surface area contributed by atoms with E-state index in [1.165, 1.54) is 26.0 Å². The molecular weight excluding hydrogens is 234 g/mol. The van der Waals surface area contributed by atoms with E-state index in [9.17, 15) is 13.9 Å². The van der Waals surface area contributed by atoms with E-state index < -0.39 is 11.8 Å². The number of aliphatic hydroxyl groups excluding tert-OH is 1. The van der Waals surface area contributed by atoms with Crippen molar-refractivity contribution in [2.75, 3.05) is 6.61 Å². The van der Waals surface area contributed by atoms with Gasteiger partial charge < -0.3 is 5.11 Å². The lowest BCUT2D eigenvalue weighted by Gasteiger charge is -2.41. The van der Waals surface area contributed by atoms with E-state index in [2.05, 4.69) is 0 Å². The molecule has 0 heterocycles. The molecule has 1 N–H and O–H groups in total. The average molecular weight is 254 g/mol. The molecule has 0 amide bonds. The monoisotopic (exact) mass is 254 g/mol. The Hall–Kier alpha value is -0.960. The van der Waals surface area contributed by atoms with Gasteiger partial charge in [-0.05, 0) is 18.4 Å². The van der Waals surface area contributed by atoms with Gasteiger partial charge in [0.25, 0.3) is 5.92 Å². The number of aliphatic hydroxyl groups is 1. The van der Waals surface area contributed by atoms with Crippen molar-refractivity contribution >= 4 is 0 Å². The minimum Gasteiger partial charge on any atom is -0.395 e. The second-order valence-corrected chi connectivity index (χ2v) is 5.65. The van der Waals surface area contributed by atoms with Crippen LogP contribution in [-0.2, 0) is 11.3 Å². The summed E-state index contributed by atoms with van der Waals surface area (Å²) in [6, 6.07) is 6.51. The predicted molar refractivity (Wildman–Crippen MR) is 67.8 cm³/mol. The van der Waals surface area contributed by atoms with Gasteiger partial charge in [-0.2, -0.15) is 0 Å². The average Bonchev–Trinajstić information content (AvgIpc) is 2.29. The summed E-state index contributed by atoms with van der Waals surface area (Å²) in [5.74, 6) is -3.50. The summed E-state index contributed by atoms with van der Waals surface area (Å²) in [5.41, 5.74) is 0.874. The molecule has 0 bridgehead atoms. The Morgan fingerprint density at radius 2 is 1.78 bits per heavy atom. The standard InChI is InChI=1S/C15H20F2O/c1-11(2)15(16,17)13-6-4-12(5-7-13)14(10-18)8-3-9-14/h4-7,11,18H,3,8-10H2,1-2H3. The van der Waals surface area contributed by atoms with Gasteiger partial charge >= 0.3 is 0 Å².